The molecule has 3 amide bonds. The van der Waals surface area contributed by atoms with E-state index in [2.05, 4.69) is 10.9 Å². The van der Waals surface area contributed by atoms with Crippen molar-refractivity contribution in [2.24, 2.45) is 5.92 Å². The van der Waals surface area contributed by atoms with Gasteiger partial charge in [0, 0.05) is 24.2 Å². The van der Waals surface area contributed by atoms with Crippen molar-refractivity contribution in [3.63, 3.8) is 0 Å². The molecule has 0 spiro atoms. The number of carbonyl (C=O) groups is 3. The molecular formula is C16H19N3O5S. The van der Waals surface area contributed by atoms with Crippen LogP contribution in [0.25, 0.3) is 0 Å². The van der Waals surface area contributed by atoms with Crippen molar-refractivity contribution in [2.45, 2.75) is 19.3 Å². The fraction of sp³-hybridized carbons (Fsp3) is 0.438. The number of nitrogens with one attached hydrogen (secondary N) is 2. The molecule has 1 aromatic rings. The number of amides is 3. The number of hydrazine groups is 1. The molecule has 2 heterocycles. The highest BCUT2D eigenvalue weighted by Crippen LogP contribution is 2.22. The predicted molar refractivity (Wildman–Crippen MR) is 90.4 cm³/mol. The Kier molecular flexibility index (Phi) is 4.76. The zero-order valence-electron chi connectivity index (χ0n) is 13.5. The second kappa shape index (κ2) is 6.83. The summed E-state index contributed by atoms with van der Waals surface area (Å²) in [6.07, 6.45) is 1.54. The first kappa shape index (κ1) is 17.4. The topological polar surface area (TPSA) is 113 Å². The highest BCUT2D eigenvalue weighted by atomic mass is 32.2. The summed E-state index contributed by atoms with van der Waals surface area (Å²) in [6, 6.07) is 6.58. The molecule has 1 atom stereocenters. The van der Waals surface area contributed by atoms with Gasteiger partial charge in [0.25, 0.3) is 5.91 Å². The van der Waals surface area contributed by atoms with Gasteiger partial charge in [-0.2, -0.15) is 0 Å². The van der Waals surface area contributed by atoms with Gasteiger partial charge < -0.3 is 4.90 Å². The van der Waals surface area contributed by atoms with E-state index in [1.54, 1.807) is 29.2 Å². The Morgan fingerprint density at radius 2 is 2.00 bits per heavy atom. The summed E-state index contributed by atoms with van der Waals surface area (Å²) >= 11 is 0. The molecule has 8 nitrogen and oxygen atoms in total. The Balaban J connectivity index is 1.60. The first-order chi connectivity index (χ1) is 11.9. The number of hydrogen-bond acceptors (Lipinski definition) is 5. The maximum Gasteiger partial charge on any atom is 0.269 e. The molecule has 0 aliphatic carbocycles. The first-order valence-electron chi connectivity index (χ1n) is 8.07. The van der Waals surface area contributed by atoms with Gasteiger partial charge in [0.1, 0.15) is 0 Å². The fourth-order valence-electron chi connectivity index (χ4n) is 3.03. The molecule has 2 fully saturated rings. The van der Waals surface area contributed by atoms with E-state index < -0.39 is 27.6 Å². The third-order valence-corrected chi connectivity index (χ3v) is 6.16. The van der Waals surface area contributed by atoms with Crippen molar-refractivity contribution < 1.29 is 22.8 Å². The van der Waals surface area contributed by atoms with Crippen LogP contribution in [0.2, 0.25) is 0 Å². The van der Waals surface area contributed by atoms with Crippen molar-refractivity contribution in [1.29, 1.82) is 0 Å². The second-order valence-electron chi connectivity index (χ2n) is 6.24. The number of nitrogens with zero attached hydrogens (tertiary/aromatic N) is 1. The van der Waals surface area contributed by atoms with Crippen molar-refractivity contribution in [2.75, 3.05) is 23.0 Å². The molecule has 3 rings (SSSR count). The van der Waals surface area contributed by atoms with Crippen molar-refractivity contribution in [1.82, 2.24) is 10.9 Å². The molecule has 9 heteroatoms. The van der Waals surface area contributed by atoms with Gasteiger partial charge in [-0.15, -0.1) is 0 Å². The molecule has 2 aliphatic heterocycles. The third-order valence-electron chi connectivity index (χ3n) is 4.40. The summed E-state index contributed by atoms with van der Waals surface area (Å²) in [6.45, 7) is 0.622. The van der Waals surface area contributed by atoms with Crippen molar-refractivity contribution >= 4 is 33.2 Å². The summed E-state index contributed by atoms with van der Waals surface area (Å²) in [5, 5.41) is 0. The van der Waals surface area contributed by atoms with Crippen LogP contribution in [-0.4, -0.2) is 44.2 Å². The van der Waals surface area contributed by atoms with Crippen LogP contribution in [0.3, 0.4) is 0 Å². The standard InChI is InChI=1S/C16H19N3O5S/c20-14-5-2-7-19(14)13-4-1-3-11(9-13)15(21)17-18-16(22)12-6-8-25(23,24)10-12/h1,3-4,9,12H,2,5-8,10H2,(H,17,21)(H,18,22)/t12-/m0/s1. The van der Waals surface area contributed by atoms with E-state index in [1.165, 1.54) is 0 Å². The third kappa shape index (κ3) is 3.98. The maximum absolute atomic E-state index is 12.2. The van der Waals surface area contributed by atoms with E-state index in [-0.39, 0.29) is 23.8 Å². The van der Waals surface area contributed by atoms with E-state index in [0.717, 1.165) is 6.42 Å². The largest absolute Gasteiger partial charge is 0.312 e. The van der Waals surface area contributed by atoms with Gasteiger partial charge in [-0.3, -0.25) is 25.2 Å². The van der Waals surface area contributed by atoms with E-state index in [4.69, 9.17) is 0 Å². The van der Waals surface area contributed by atoms with Crippen LogP contribution in [0, 0.1) is 5.92 Å². The van der Waals surface area contributed by atoms with Gasteiger partial charge in [0.2, 0.25) is 11.8 Å². The molecule has 2 saturated heterocycles. The van der Waals surface area contributed by atoms with Crippen LogP contribution in [0.15, 0.2) is 24.3 Å². The summed E-state index contributed by atoms with van der Waals surface area (Å²) < 4.78 is 22.8. The van der Waals surface area contributed by atoms with Gasteiger partial charge in [-0.05, 0) is 31.0 Å². The second-order valence-corrected chi connectivity index (χ2v) is 8.47. The lowest BCUT2D eigenvalue weighted by Gasteiger charge is -2.16. The van der Waals surface area contributed by atoms with Crippen LogP contribution in [0.1, 0.15) is 29.6 Å². The average molecular weight is 365 g/mol. The van der Waals surface area contributed by atoms with Crippen LogP contribution in [0.5, 0.6) is 0 Å². The van der Waals surface area contributed by atoms with Gasteiger partial charge >= 0.3 is 0 Å². The lowest BCUT2D eigenvalue weighted by atomic mass is 10.1. The van der Waals surface area contributed by atoms with E-state index >= 15 is 0 Å². The Morgan fingerprint density at radius 3 is 2.64 bits per heavy atom. The highest BCUT2D eigenvalue weighted by Gasteiger charge is 2.33. The molecule has 2 aliphatic rings. The minimum Gasteiger partial charge on any atom is -0.312 e. The van der Waals surface area contributed by atoms with Crippen LogP contribution >= 0.6 is 0 Å². The van der Waals surface area contributed by atoms with E-state index in [1.807, 2.05) is 0 Å². The SMILES string of the molecule is O=C(NNC(=O)[C@H]1CCS(=O)(=O)C1)c1cccc(N2CCCC2=O)c1. The molecule has 25 heavy (non-hydrogen) atoms. The Hall–Kier alpha value is -2.42. The quantitative estimate of drug-likeness (QED) is 0.733. The molecule has 2 N–H and O–H groups in total. The number of carbonyl (C=O) groups excluding carboxylic acids is 3. The number of sulfone groups is 1. The van der Waals surface area contributed by atoms with Gasteiger partial charge in [-0.25, -0.2) is 8.42 Å². The maximum atomic E-state index is 12.2. The van der Waals surface area contributed by atoms with E-state index in [0.29, 0.717) is 24.2 Å². The number of rotatable bonds is 3. The molecule has 1 aromatic carbocycles. The minimum absolute atomic E-state index is 0.00899. The highest BCUT2D eigenvalue weighted by molar-refractivity contribution is 7.91. The first-order valence-corrected chi connectivity index (χ1v) is 9.89. The zero-order chi connectivity index (χ0) is 18.0. The monoisotopic (exact) mass is 365 g/mol. The Bertz CT molecular complexity index is 821. The zero-order valence-corrected chi connectivity index (χ0v) is 14.3. The van der Waals surface area contributed by atoms with Gasteiger partial charge in [-0.1, -0.05) is 6.07 Å². The minimum atomic E-state index is -3.16. The molecular weight excluding hydrogens is 346 g/mol. The molecule has 134 valence electrons. The number of hydrogen-bond donors (Lipinski definition) is 2. The summed E-state index contributed by atoms with van der Waals surface area (Å²) in [5.74, 6) is -1.86. The van der Waals surface area contributed by atoms with Crippen LogP contribution in [-0.2, 0) is 19.4 Å². The van der Waals surface area contributed by atoms with E-state index in [9.17, 15) is 22.8 Å². The molecule has 0 radical (unpaired) electrons. The van der Waals surface area contributed by atoms with Crippen LogP contribution in [0.4, 0.5) is 5.69 Å². The van der Waals surface area contributed by atoms with Crippen molar-refractivity contribution in [3.8, 4) is 0 Å². The van der Waals surface area contributed by atoms with Crippen molar-refractivity contribution in [3.05, 3.63) is 29.8 Å². The van der Waals surface area contributed by atoms with Gasteiger partial charge in [0.15, 0.2) is 9.84 Å². The Morgan fingerprint density at radius 1 is 1.20 bits per heavy atom. The summed E-state index contributed by atoms with van der Waals surface area (Å²) in [4.78, 5) is 37.6. The smallest absolute Gasteiger partial charge is 0.269 e. The molecule has 0 saturated carbocycles. The summed E-state index contributed by atoms with van der Waals surface area (Å²) in [7, 11) is -3.16. The molecule has 0 aromatic heterocycles. The number of benzene rings is 1. The average Bonchev–Trinajstić information content (AvgIpc) is 3.17. The Labute approximate surface area is 145 Å². The predicted octanol–water partition coefficient (Wildman–Crippen LogP) is 0.00910. The lowest BCUT2D eigenvalue weighted by Crippen LogP contribution is -2.44. The lowest BCUT2D eigenvalue weighted by molar-refractivity contribution is -0.125. The van der Waals surface area contributed by atoms with Gasteiger partial charge in [0.05, 0.1) is 17.4 Å². The normalized spacial score (nSPS) is 22.0. The molecule has 0 bridgehead atoms. The fourth-order valence-corrected chi connectivity index (χ4v) is 4.77. The van der Waals surface area contributed by atoms with Crippen LogP contribution < -0.4 is 15.8 Å². The summed E-state index contributed by atoms with van der Waals surface area (Å²) in [5.41, 5.74) is 5.51. The number of anilines is 1. The molecule has 0 unspecified atom stereocenters.